The van der Waals surface area contributed by atoms with Crippen molar-refractivity contribution in [1.29, 1.82) is 0 Å². The highest BCUT2D eigenvalue weighted by Crippen LogP contribution is 2.30. The summed E-state index contributed by atoms with van der Waals surface area (Å²) in [6.07, 6.45) is 10.8. The van der Waals surface area contributed by atoms with Crippen molar-refractivity contribution >= 4 is 33.4 Å². The molecule has 1 amide bonds. The van der Waals surface area contributed by atoms with Crippen LogP contribution in [0.25, 0.3) is 33.1 Å². The van der Waals surface area contributed by atoms with E-state index in [2.05, 4.69) is 61.7 Å². The van der Waals surface area contributed by atoms with Gasteiger partial charge in [-0.3, -0.25) is 9.78 Å². The molecule has 2 aliphatic rings. The van der Waals surface area contributed by atoms with Crippen LogP contribution in [0.4, 0.5) is 5.69 Å². The van der Waals surface area contributed by atoms with Crippen LogP contribution in [0.5, 0.6) is 0 Å². The maximum absolute atomic E-state index is 13.0. The Morgan fingerprint density at radius 3 is 2.74 bits per heavy atom. The molecule has 2 saturated heterocycles. The van der Waals surface area contributed by atoms with Gasteiger partial charge in [0.25, 0.3) is 5.91 Å². The SMILES string of the molecule is CN1CCC(NC(=O)c2cc3ccc(-c4cc(NCCCN5CCCCC5)c5cnccc5n4)cc3[nH]2)CC1. The molecule has 1 aromatic carbocycles. The van der Waals surface area contributed by atoms with E-state index in [4.69, 9.17) is 4.98 Å². The first-order valence-corrected chi connectivity index (χ1v) is 14.5. The molecule has 39 heavy (non-hydrogen) atoms. The molecule has 2 aliphatic heterocycles. The number of nitrogens with zero attached hydrogens (tertiary/aromatic N) is 4. The molecule has 0 aliphatic carbocycles. The molecular weight excluding hydrogens is 486 g/mol. The van der Waals surface area contributed by atoms with Gasteiger partial charge >= 0.3 is 0 Å². The maximum atomic E-state index is 13.0. The molecule has 0 atom stereocenters. The Bertz CT molecular complexity index is 1430. The average molecular weight is 526 g/mol. The minimum Gasteiger partial charge on any atom is -0.384 e. The summed E-state index contributed by atoms with van der Waals surface area (Å²) in [4.78, 5) is 30.5. The van der Waals surface area contributed by atoms with Crippen LogP contribution < -0.4 is 10.6 Å². The highest BCUT2D eigenvalue weighted by Gasteiger charge is 2.20. The van der Waals surface area contributed by atoms with Crippen molar-refractivity contribution in [3.8, 4) is 11.3 Å². The zero-order valence-electron chi connectivity index (χ0n) is 22.9. The lowest BCUT2D eigenvalue weighted by Gasteiger charge is -2.29. The maximum Gasteiger partial charge on any atom is 0.267 e. The largest absolute Gasteiger partial charge is 0.384 e. The Morgan fingerprint density at radius 2 is 1.90 bits per heavy atom. The first-order chi connectivity index (χ1) is 19.1. The van der Waals surface area contributed by atoms with Crippen molar-refractivity contribution in [2.24, 2.45) is 0 Å². The van der Waals surface area contributed by atoms with Gasteiger partial charge in [0.05, 0.1) is 11.2 Å². The fraction of sp³-hybridized carbons (Fsp3) is 0.452. The van der Waals surface area contributed by atoms with E-state index in [1.807, 2.05) is 18.3 Å². The number of nitrogens with one attached hydrogen (secondary N) is 3. The Morgan fingerprint density at radius 1 is 1.05 bits per heavy atom. The second-order valence-electron chi connectivity index (χ2n) is 11.2. The number of likely N-dealkylation sites (tertiary alicyclic amines) is 2. The molecular formula is C31H39N7O. The van der Waals surface area contributed by atoms with Crippen LogP contribution in [-0.4, -0.2) is 83.0 Å². The molecule has 2 fully saturated rings. The van der Waals surface area contributed by atoms with Crippen molar-refractivity contribution in [3.63, 3.8) is 0 Å². The normalized spacial score (nSPS) is 17.6. The number of carbonyl (C=O) groups excluding carboxylic acids is 1. The number of H-pyrrole nitrogens is 1. The Balaban J connectivity index is 1.19. The molecule has 4 aromatic rings. The molecule has 3 N–H and O–H groups in total. The first-order valence-electron chi connectivity index (χ1n) is 14.5. The third-order valence-corrected chi connectivity index (χ3v) is 8.24. The average Bonchev–Trinajstić information content (AvgIpc) is 3.41. The topological polar surface area (TPSA) is 89.2 Å². The van der Waals surface area contributed by atoms with E-state index in [0.29, 0.717) is 5.69 Å². The molecule has 0 saturated carbocycles. The van der Waals surface area contributed by atoms with Crippen LogP contribution in [0.15, 0.2) is 48.8 Å². The summed E-state index contributed by atoms with van der Waals surface area (Å²) in [5.74, 6) is -0.0327. The van der Waals surface area contributed by atoms with Gasteiger partial charge in [0.15, 0.2) is 0 Å². The molecule has 0 bridgehead atoms. The van der Waals surface area contributed by atoms with E-state index in [0.717, 1.165) is 84.2 Å². The molecule has 0 spiro atoms. The monoisotopic (exact) mass is 525 g/mol. The molecule has 0 unspecified atom stereocenters. The third kappa shape index (κ3) is 6.07. The van der Waals surface area contributed by atoms with Crippen LogP contribution in [0.2, 0.25) is 0 Å². The molecule has 6 rings (SSSR count). The van der Waals surface area contributed by atoms with E-state index >= 15 is 0 Å². The number of pyridine rings is 2. The molecule has 8 nitrogen and oxygen atoms in total. The van der Waals surface area contributed by atoms with Crippen LogP contribution in [0, 0.1) is 0 Å². The van der Waals surface area contributed by atoms with Gasteiger partial charge in [-0.1, -0.05) is 18.6 Å². The van der Waals surface area contributed by atoms with Gasteiger partial charge in [0.1, 0.15) is 5.69 Å². The number of piperidine rings is 2. The molecule has 204 valence electrons. The van der Waals surface area contributed by atoms with Gasteiger partial charge in [-0.2, -0.15) is 0 Å². The lowest BCUT2D eigenvalue weighted by molar-refractivity contribution is 0.0912. The van der Waals surface area contributed by atoms with E-state index in [1.54, 1.807) is 6.20 Å². The van der Waals surface area contributed by atoms with Gasteiger partial charge in [0.2, 0.25) is 0 Å². The standard InChI is InChI=1S/C31H39N7O/c1-37-16-9-24(10-17-37)34-31(39)30-19-23-7-6-22(18-27(23)36-30)28-20-29(25-21-32-12-8-26(25)35-28)33-11-5-15-38-13-3-2-4-14-38/h6-8,12,18-21,24,36H,2-5,9-11,13-17H2,1H3,(H,33,35)(H,34,39). The van der Waals surface area contributed by atoms with E-state index in [9.17, 15) is 4.79 Å². The Kier molecular flexibility index (Phi) is 7.74. The van der Waals surface area contributed by atoms with Crippen molar-refractivity contribution in [2.45, 2.75) is 44.6 Å². The number of hydrogen-bond acceptors (Lipinski definition) is 6. The lowest BCUT2D eigenvalue weighted by Crippen LogP contribution is -2.43. The fourth-order valence-electron chi connectivity index (χ4n) is 5.90. The highest BCUT2D eigenvalue weighted by atomic mass is 16.1. The summed E-state index contributed by atoms with van der Waals surface area (Å²) in [5.41, 5.74) is 5.45. The van der Waals surface area contributed by atoms with Gasteiger partial charge in [-0.05, 0) is 96.1 Å². The number of carbonyl (C=O) groups is 1. The van der Waals surface area contributed by atoms with Gasteiger partial charge in [-0.15, -0.1) is 0 Å². The number of hydrogen-bond donors (Lipinski definition) is 3. The minimum absolute atomic E-state index is 0.0327. The minimum atomic E-state index is -0.0327. The second-order valence-corrected chi connectivity index (χ2v) is 11.2. The van der Waals surface area contributed by atoms with Crippen molar-refractivity contribution in [3.05, 3.63) is 54.5 Å². The predicted octanol–water partition coefficient (Wildman–Crippen LogP) is 4.89. The Hall–Kier alpha value is -3.49. The van der Waals surface area contributed by atoms with Crippen LogP contribution in [-0.2, 0) is 0 Å². The number of rotatable bonds is 8. The fourth-order valence-corrected chi connectivity index (χ4v) is 5.90. The third-order valence-electron chi connectivity index (χ3n) is 8.24. The van der Waals surface area contributed by atoms with Crippen molar-refractivity contribution in [1.82, 2.24) is 30.1 Å². The summed E-state index contributed by atoms with van der Waals surface area (Å²) in [7, 11) is 2.13. The van der Waals surface area contributed by atoms with Crippen LogP contribution >= 0.6 is 0 Å². The predicted molar refractivity (Wildman–Crippen MR) is 158 cm³/mol. The molecule has 0 radical (unpaired) electrons. The summed E-state index contributed by atoms with van der Waals surface area (Å²) in [6, 6.07) is 12.5. The van der Waals surface area contributed by atoms with Crippen molar-refractivity contribution in [2.75, 3.05) is 51.6 Å². The smallest absolute Gasteiger partial charge is 0.267 e. The van der Waals surface area contributed by atoms with Crippen LogP contribution in [0.3, 0.4) is 0 Å². The number of aromatic nitrogens is 3. The van der Waals surface area contributed by atoms with Crippen molar-refractivity contribution < 1.29 is 4.79 Å². The zero-order valence-corrected chi connectivity index (χ0v) is 22.9. The molecule has 3 aromatic heterocycles. The quantitative estimate of drug-likeness (QED) is 0.284. The number of fused-ring (bicyclic) bond motifs is 2. The zero-order chi connectivity index (χ0) is 26.6. The van der Waals surface area contributed by atoms with E-state index < -0.39 is 0 Å². The Labute approximate surface area is 230 Å². The highest BCUT2D eigenvalue weighted by molar-refractivity contribution is 5.99. The second kappa shape index (κ2) is 11.7. The lowest BCUT2D eigenvalue weighted by atomic mass is 10.1. The number of amides is 1. The summed E-state index contributed by atoms with van der Waals surface area (Å²) in [6.45, 7) is 6.55. The number of anilines is 1. The van der Waals surface area contributed by atoms with Gasteiger partial charge in [-0.25, -0.2) is 4.98 Å². The summed E-state index contributed by atoms with van der Waals surface area (Å²) < 4.78 is 0. The first kappa shape index (κ1) is 25.8. The number of aromatic amines is 1. The van der Waals surface area contributed by atoms with E-state index in [-0.39, 0.29) is 11.9 Å². The molecule has 5 heterocycles. The van der Waals surface area contributed by atoms with Crippen LogP contribution in [0.1, 0.15) is 49.0 Å². The van der Waals surface area contributed by atoms with Gasteiger partial charge in [0, 0.05) is 52.5 Å². The molecule has 8 heteroatoms. The summed E-state index contributed by atoms with van der Waals surface area (Å²) in [5, 5.41) is 8.93. The summed E-state index contributed by atoms with van der Waals surface area (Å²) >= 11 is 0. The number of benzene rings is 1. The van der Waals surface area contributed by atoms with Gasteiger partial charge < -0.3 is 25.4 Å². The van der Waals surface area contributed by atoms with E-state index in [1.165, 1.54) is 32.4 Å².